The number of aryl methyl sites for hydroxylation is 1. The molecule has 20 heavy (non-hydrogen) atoms. The van der Waals surface area contributed by atoms with E-state index in [-0.39, 0.29) is 16.7 Å². The summed E-state index contributed by atoms with van der Waals surface area (Å²) in [5.41, 5.74) is -0.976. The van der Waals surface area contributed by atoms with Crippen molar-refractivity contribution in [2.24, 2.45) is 5.92 Å². The molecule has 0 unspecified atom stereocenters. The Hall–Kier alpha value is -1.05. The highest BCUT2D eigenvalue weighted by Gasteiger charge is 2.61. The van der Waals surface area contributed by atoms with Crippen molar-refractivity contribution in [2.75, 3.05) is 5.75 Å². The highest BCUT2D eigenvalue weighted by molar-refractivity contribution is 8.00. The number of aromatic amines is 1. The van der Waals surface area contributed by atoms with Crippen LogP contribution in [0.4, 0.5) is 0 Å². The zero-order valence-corrected chi connectivity index (χ0v) is 12.4. The number of hydrogen-bond acceptors (Lipinski definition) is 5. The molecule has 0 spiro atoms. The van der Waals surface area contributed by atoms with E-state index in [1.165, 1.54) is 10.8 Å². The molecule has 2 bridgehead atoms. The largest absolute Gasteiger partial charge is 0.390 e. The molecule has 2 saturated heterocycles. The van der Waals surface area contributed by atoms with E-state index in [1.807, 2.05) is 6.92 Å². The van der Waals surface area contributed by atoms with Crippen molar-refractivity contribution in [2.45, 2.75) is 44.0 Å². The van der Waals surface area contributed by atoms with E-state index >= 15 is 0 Å². The molecule has 0 amide bonds. The quantitative estimate of drug-likeness (QED) is 0.817. The van der Waals surface area contributed by atoms with Crippen molar-refractivity contribution < 1.29 is 9.84 Å². The van der Waals surface area contributed by atoms with Gasteiger partial charge in [-0.05, 0) is 13.8 Å². The Morgan fingerprint density at radius 2 is 2.30 bits per heavy atom. The van der Waals surface area contributed by atoms with Gasteiger partial charge in [-0.3, -0.25) is 14.3 Å². The number of nitrogens with zero attached hydrogens (tertiary/aromatic N) is 1. The summed E-state index contributed by atoms with van der Waals surface area (Å²) in [5, 5.41) is 10.2. The van der Waals surface area contributed by atoms with Gasteiger partial charge in [0.2, 0.25) is 0 Å². The first-order valence-corrected chi connectivity index (χ1v) is 7.71. The molecule has 2 aliphatic heterocycles. The average molecular weight is 298 g/mol. The van der Waals surface area contributed by atoms with Crippen LogP contribution < -0.4 is 11.2 Å². The maximum absolute atomic E-state index is 12.0. The molecule has 0 saturated carbocycles. The Labute approximate surface area is 120 Å². The van der Waals surface area contributed by atoms with Gasteiger partial charge in [0.25, 0.3) is 5.56 Å². The fraction of sp³-hybridized carbons (Fsp3) is 0.692. The van der Waals surface area contributed by atoms with E-state index in [2.05, 4.69) is 4.98 Å². The third-order valence-corrected chi connectivity index (χ3v) is 6.16. The van der Waals surface area contributed by atoms with Crippen LogP contribution in [0.3, 0.4) is 0 Å². The van der Waals surface area contributed by atoms with E-state index in [1.54, 1.807) is 25.6 Å². The van der Waals surface area contributed by atoms with E-state index < -0.39 is 23.6 Å². The number of ether oxygens (including phenoxy) is 1. The molecule has 2 N–H and O–H groups in total. The summed E-state index contributed by atoms with van der Waals surface area (Å²) in [7, 11) is 0. The predicted octanol–water partition coefficient (Wildman–Crippen LogP) is 0.245. The number of aliphatic hydroxyl groups is 1. The van der Waals surface area contributed by atoms with Crippen LogP contribution in [0.25, 0.3) is 0 Å². The van der Waals surface area contributed by atoms with Crippen LogP contribution in [0, 0.1) is 12.8 Å². The smallest absolute Gasteiger partial charge is 0.330 e. The maximum atomic E-state index is 12.0. The lowest BCUT2D eigenvalue weighted by molar-refractivity contribution is -0.130. The molecule has 5 atom stereocenters. The molecule has 0 aliphatic carbocycles. The highest BCUT2D eigenvalue weighted by atomic mass is 32.2. The normalized spacial score (nSPS) is 37.3. The Morgan fingerprint density at radius 1 is 1.60 bits per heavy atom. The van der Waals surface area contributed by atoms with Gasteiger partial charge in [-0.15, -0.1) is 0 Å². The first-order valence-electron chi connectivity index (χ1n) is 6.66. The molecule has 0 radical (unpaired) electrons. The summed E-state index contributed by atoms with van der Waals surface area (Å²) in [5.74, 6) is 0.876. The summed E-state index contributed by atoms with van der Waals surface area (Å²) < 4.78 is 7.49. The van der Waals surface area contributed by atoms with Gasteiger partial charge in [-0.25, -0.2) is 4.79 Å². The maximum Gasteiger partial charge on any atom is 0.330 e. The summed E-state index contributed by atoms with van der Waals surface area (Å²) in [6.07, 6.45) is 0.496. The first kappa shape index (κ1) is 13.9. The minimum Gasteiger partial charge on any atom is -0.390 e. The molecule has 2 fully saturated rings. The SMILES string of the molecule is Cc1cn([C@@H]2O[C@@]3([C@H](C)O)CS[C@@H]2[C@@H]3C)c(=O)[nH]c1=O. The van der Waals surface area contributed by atoms with Crippen LogP contribution in [0.1, 0.15) is 25.6 Å². The summed E-state index contributed by atoms with van der Waals surface area (Å²) in [4.78, 5) is 25.7. The zero-order valence-electron chi connectivity index (χ0n) is 11.6. The first-order chi connectivity index (χ1) is 9.36. The Morgan fingerprint density at radius 3 is 2.90 bits per heavy atom. The van der Waals surface area contributed by atoms with Crippen molar-refractivity contribution in [3.63, 3.8) is 0 Å². The standard InChI is InChI=1S/C13H18N2O4S/c1-6-4-15(12(18)14-10(6)17)11-9-7(2)13(19-11,5-20-9)8(3)16/h4,7-9,11,16H,5H2,1-3H3,(H,14,17,18)/t7-,8-,9+,11+,13-/m0/s1. The number of aromatic nitrogens is 2. The molecule has 6 nitrogen and oxygen atoms in total. The third-order valence-electron chi connectivity index (χ3n) is 4.51. The van der Waals surface area contributed by atoms with Gasteiger partial charge in [0, 0.05) is 23.4 Å². The zero-order chi connectivity index (χ0) is 14.7. The molecular formula is C13H18N2O4S. The number of fused-ring (bicyclic) bond motifs is 2. The molecule has 1 aromatic rings. The third kappa shape index (κ3) is 1.73. The van der Waals surface area contributed by atoms with Crippen molar-refractivity contribution >= 4 is 11.8 Å². The molecular weight excluding hydrogens is 280 g/mol. The van der Waals surface area contributed by atoms with Crippen molar-refractivity contribution in [3.05, 3.63) is 32.6 Å². The molecule has 3 heterocycles. The summed E-state index contributed by atoms with van der Waals surface area (Å²) >= 11 is 1.71. The van der Waals surface area contributed by atoms with E-state index in [0.717, 1.165) is 5.75 Å². The lowest BCUT2D eigenvalue weighted by Gasteiger charge is -2.34. The van der Waals surface area contributed by atoms with E-state index in [4.69, 9.17) is 4.74 Å². The van der Waals surface area contributed by atoms with Gasteiger partial charge in [0.1, 0.15) is 5.60 Å². The second kappa shape index (κ2) is 4.47. The molecule has 0 aromatic carbocycles. The Balaban J connectivity index is 2.05. The van der Waals surface area contributed by atoms with Crippen molar-refractivity contribution in [3.8, 4) is 0 Å². The fourth-order valence-electron chi connectivity index (χ4n) is 3.13. The van der Waals surface area contributed by atoms with Gasteiger partial charge >= 0.3 is 5.69 Å². The second-order valence-corrected chi connectivity index (χ2v) is 6.85. The van der Waals surface area contributed by atoms with Gasteiger partial charge in [-0.1, -0.05) is 6.92 Å². The number of thioether (sulfide) groups is 1. The monoisotopic (exact) mass is 298 g/mol. The van der Waals surface area contributed by atoms with Gasteiger partial charge in [-0.2, -0.15) is 11.8 Å². The minimum atomic E-state index is -0.608. The van der Waals surface area contributed by atoms with Gasteiger partial charge in [0.15, 0.2) is 6.23 Å². The number of aliphatic hydroxyl groups excluding tert-OH is 1. The average Bonchev–Trinajstić information content (AvgIpc) is 2.86. The van der Waals surface area contributed by atoms with Crippen molar-refractivity contribution in [1.82, 2.24) is 9.55 Å². The minimum absolute atomic E-state index is 0.104. The molecule has 110 valence electrons. The molecule has 1 aromatic heterocycles. The molecule has 3 rings (SSSR count). The van der Waals surface area contributed by atoms with Crippen molar-refractivity contribution in [1.29, 1.82) is 0 Å². The molecule has 7 heteroatoms. The lowest BCUT2D eigenvalue weighted by atomic mass is 9.86. The number of nitrogens with one attached hydrogen (secondary N) is 1. The van der Waals surface area contributed by atoms with Crippen LogP contribution in [0.15, 0.2) is 15.8 Å². The van der Waals surface area contributed by atoms with Crippen LogP contribution in [-0.2, 0) is 4.74 Å². The lowest BCUT2D eigenvalue weighted by Crippen LogP contribution is -2.46. The van der Waals surface area contributed by atoms with Crippen LogP contribution in [0.5, 0.6) is 0 Å². The van der Waals surface area contributed by atoms with E-state index in [9.17, 15) is 14.7 Å². The highest BCUT2D eigenvalue weighted by Crippen LogP contribution is 2.56. The predicted molar refractivity (Wildman–Crippen MR) is 76.0 cm³/mol. The van der Waals surface area contributed by atoms with Gasteiger partial charge < -0.3 is 9.84 Å². The number of hydrogen-bond donors (Lipinski definition) is 2. The van der Waals surface area contributed by atoms with E-state index in [0.29, 0.717) is 5.56 Å². The van der Waals surface area contributed by atoms with Crippen LogP contribution in [-0.4, -0.2) is 37.4 Å². The second-order valence-electron chi connectivity index (χ2n) is 5.68. The van der Waals surface area contributed by atoms with Crippen LogP contribution >= 0.6 is 11.8 Å². The number of rotatable bonds is 2. The van der Waals surface area contributed by atoms with Gasteiger partial charge in [0.05, 0.1) is 11.4 Å². The fourth-order valence-corrected chi connectivity index (χ4v) is 5.03. The molecule has 2 aliphatic rings. The number of H-pyrrole nitrogens is 1. The Kier molecular flexibility index (Phi) is 3.11. The summed E-state index contributed by atoms with van der Waals surface area (Å²) in [6, 6.07) is 0. The topological polar surface area (TPSA) is 84.3 Å². The Bertz CT molecular complexity index is 653. The van der Waals surface area contributed by atoms with Crippen LogP contribution in [0.2, 0.25) is 0 Å². The summed E-state index contributed by atoms with van der Waals surface area (Å²) in [6.45, 7) is 5.42.